The minimum absolute atomic E-state index is 0.0610. The highest BCUT2D eigenvalue weighted by molar-refractivity contribution is 6.08. The minimum Gasteiger partial charge on any atom is -0.444 e. The van der Waals surface area contributed by atoms with E-state index in [9.17, 15) is 14.4 Å². The molecule has 9 heteroatoms. The molecule has 0 bridgehead atoms. The summed E-state index contributed by atoms with van der Waals surface area (Å²) < 4.78 is 12.0. The van der Waals surface area contributed by atoms with Gasteiger partial charge in [-0.15, -0.1) is 0 Å². The minimum atomic E-state index is -0.670. The molecular weight excluding hydrogens is 472 g/mol. The summed E-state index contributed by atoms with van der Waals surface area (Å²) in [6.07, 6.45) is 0.505. The molecule has 1 aromatic heterocycles. The fourth-order valence-corrected chi connectivity index (χ4v) is 3.76. The van der Waals surface area contributed by atoms with E-state index in [0.717, 1.165) is 16.7 Å². The third-order valence-corrected chi connectivity index (χ3v) is 5.36. The van der Waals surface area contributed by atoms with Crippen molar-refractivity contribution in [2.24, 2.45) is 0 Å². The van der Waals surface area contributed by atoms with Gasteiger partial charge in [0.25, 0.3) is 0 Å². The number of alkyl carbamates (subject to hydrolysis) is 1. The maximum absolute atomic E-state index is 12.6. The van der Waals surface area contributed by atoms with Crippen LogP contribution in [-0.4, -0.2) is 45.6 Å². The number of ether oxygens (including phenoxy) is 2. The number of nitrogens with one attached hydrogen (secondary N) is 2. The van der Waals surface area contributed by atoms with Gasteiger partial charge in [-0.2, -0.15) is 9.78 Å². The van der Waals surface area contributed by atoms with Gasteiger partial charge in [-0.1, -0.05) is 37.3 Å². The van der Waals surface area contributed by atoms with Crippen molar-refractivity contribution in [1.82, 2.24) is 15.1 Å². The zero-order chi connectivity index (χ0) is 27.5. The average Bonchev–Trinajstić information content (AvgIpc) is 3.20. The van der Waals surface area contributed by atoms with Crippen molar-refractivity contribution in [3.05, 3.63) is 48.2 Å². The number of hydrogen-bond donors (Lipinski definition) is 2. The van der Waals surface area contributed by atoms with E-state index in [2.05, 4.69) is 15.7 Å². The van der Waals surface area contributed by atoms with E-state index in [0.29, 0.717) is 23.1 Å². The van der Waals surface area contributed by atoms with Crippen LogP contribution in [0.15, 0.2) is 42.6 Å². The number of benzene rings is 2. The molecule has 0 saturated heterocycles. The second-order valence-electron chi connectivity index (χ2n) is 11.0. The molecule has 2 aromatic carbocycles. The van der Waals surface area contributed by atoms with Crippen LogP contribution in [0.2, 0.25) is 0 Å². The van der Waals surface area contributed by atoms with Crippen LogP contribution in [0, 0.1) is 0 Å². The fraction of sp³-hybridized carbons (Fsp3) is 0.429. The molecule has 3 aromatic rings. The lowest BCUT2D eigenvalue weighted by molar-refractivity contribution is -0.114. The smallest absolute Gasteiger partial charge is 0.435 e. The summed E-state index contributed by atoms with van der Waals surface area (Å²) in [5.41, 5.74) is 2.58. The lowest BCUT2D eigenvalue weighted by Crippen LogP contribution is -2.34. The first-order chi connectivity index (χ1) is 17.1. The number of anilines is 1. The monoisotopic (exact) mass is 508 g/mol. The molecule has 37 heavy (non-hydrogen) atoms. The van der Waals surface area contributed by atoms with Gasteiger partial charge >= 0.3 is 12.2 Å². The number of aromatic nitrogens is 2. The van der Waals surface area contributed by atoms with Crippen molar-refractivity contribution < 1.29 is 23.9 Å². The summed E-state index contributed by atoms with van der Waals surface area (Å²) in [7, 11) is 0. The summed E-state index contributed by atoms with van der Waals surface area (Å²) in [6, 6.07) is 11.5. The molecule has 1 heterocycles. The Morgan fingerprint density at radius 1 is 0.946 bits per heavy atom. The van der Waals surface area contributed by atoms with Crippen molar-refractivity contribution in [3.63, 3.8) is 0 Å². The van der Waals surface area contributed by atoms with Crippen LogP contribution in [0.3, 0.4) is 0 Å². The van der Waals surface area contributed by atoms with Crippen LogP contribution >= 0.6 is 0 Å². The summed E-state index contributed by atoms with van der Waals surface area (Å²) in [6.45, 7) is 14.7. The van der Waals surface area contributed by atoms with Gasteiger partial charge in [0.1, 0.15) is 11.2 Å². The lowest BCUT2D eigenvalue weighted by Gasteiger charge is -2.21. The van der Waals surface area contributed by atoms with Crippen molar-refractivity contribution in [1.29, 1.82) is 0 Å². The molecule has 0 aliphatic heterocycles. The number of carbonyl (C=O) groups excluding carboxylic acids is 3. The van der Waals surface area contributed by atoms with Gasteiger partial charge in [0.2, 0.25) is 5.91 Å². The topological polar surface area (TPSA) is 112 Å². The van der Waals surface area contributed by atoms with Gasteiger partial charge in [0, 0.05) is 24.4 Å². The summed E-state index contributed by atoms with van der Waals surface area (Å²) in [5.74, 6) is -0.178. The maximum Gasteiger partial charge on any atom is 0.435 e. The van der Waals surface area contributed by atoms with Gasteiger partial charge < -0.3 is 20.1 Å². The molecule has 2 amide bonds. The third kappa shape index (κ3) is 7.31. The zero-order valence-electron chi connectivity index (χ0n) is 22.8. The first kappa shape index (κ1) is 27.7. The first-order valence-electron chi connectivity index (χ1n) is 12.2. The van der Waals surface area contributed by atoms with Gasteiger partial charge in [-0.05, 0) is 64.7 Å². The van der Waals surface area contributed by atoms with Gasteiger partial charge in [-0.25, -0.2) is 9.59 Å². The molecule has 0 fully saturated rings. The Bertz CT molecular complexity index is 1300. The molecule has 1 atom stereocenters. The molecule has 2 N–H and O–H groups in total. The Balaban J connectivity index is 1.87. The van der Waals surface area contributed by atoms with E-state index < -0.39 is 23.4 Å². The molecule has 9 nitrogen and oxygen atoms in total. The quantitative estimate of drug-likeness (QED) is 0.432. The molecule has 198 valence electrons. The van der Waals surface area contributed by atoms with E-state index in [1.807, 2.05) is 58.0 Å². The first-order valence-corrected chi connectivity index (χ1v) is 12.2. The van der Waals surface area contributed by atoms with Crippen molar-refractivity contribution in [2.75, 3.05) is 11.9 Å². The lowest BCUT2D eigenvalue weighted by atomic mass is 9.96. The van der Waals surface area contributed by atoms with Crippen LogP contribution < -0.4 is 10.6 Å². The Morgan fingerprint density at radius 3 is 2.14 bits per heavy atom. The Labute approximate surface area is 217 Å². The third-order valence-electron chi connectivity index (χ3n) is 5.36. The molecule has 0 aliphatic carbocycles. The number of amides is 2. The second-order valence-corrected chi connectivity index (χ2v) is 11.0. The number of carbonyl (C=O) groups is 3. The van der Waals surface area contributed by atoms with Crippen molar-refractivity contribution in [2.45, 2.75) is 72.5 Å². The number of hydrogen-bond acceptors (Lipinski definition) is 6. The molecule has 0 aliphatic rings. The van der Waals surface area contributed by atoms with Gasteiger partial charge in [0.05, 0.1) is 17.4 Å². The molecular formula is C28H36N4O5. The van der Waals surface area contributed by atoms with Crippen LogP contribution in [0.5, 0.6) is 0 Å². The van der Waals surface area contributed by atoms with Crippen LogP contribution in [0.1, 0.15) is 66.9 Å². The average molecular weight is 509 g/mol. The summed E-state index contributed by atoms with van der Waals surface area (Å²) in [5, 5.41) is 10.5. The van der Waals surface area contributed by atoms with E-state index in [4.69, 9.17) is 9.47 Å². The summed E-state index contributed by atoms with van der Waals surface area (Å²) >= 11 is 0. The number of rotatable bonds is 5. The zero-order valence-corrected chi connectivity index (χ0v) is 22.8. The predicted molar refractivity (Wildman–Crippen MR) is 144 cm³/mol. The standard InChI is InChI=1S/C28H36N4O5/c1-17(15-29-25(34)36-27(3,4)5)19-9-11-20(12-10-19)21-13-14-23-22(24(21)31-18(2)33)16-30-32(23)26(35)37-28(6,7)8/h9-14,16-17H,15H2,1-8H3,(H,29,34)(H,31,33). The molecule has 3 rings (SSSR count). The summed E-state index contributed by atoms with van der Waals surface area (Å²) in [4.78, 5) is 36.7. The van der Waals surface area contributed by atoms with Crippen molar-refractivity contribution in [3.8, 4) is 11.1 Å². The molecule has 0 spiro atoms. The largest absolute Gasteiger partial charge is 0.444 e. The van der Waals surface area contributed by atoms with E-state index in [-0.39, 0.29) is 11.8 Å². The number of fused-ring (bicyclic) bond motifs is 1. The molecule has 0 saturated carbocycles. The van der Waals surface area contributed by atoms with Crippen molar-refractivity contribution >= 4 is 34.7 Å². The van der Waals surface area contributed by atoms with Gasteiger partial charge in [0.15, 0.2) is 0 Å². The van der Waals surface area contributed by atoms with Crippen LogP contribution in [0.4, 0.5) is 15.3 Å². The Morgan fingerprint density at radius 2 is 1.57 bits per heavy atom. The SMILES string of the molecule is CC(=O)Nc1c(-c2ccc(C(C)CNC(=O)OC(C)(C)C)cc2)ccc2c1cnn2C(=O)OC(C)(C)C. The normalized spacial score (nSPS) is 12.6. The fourth-order valence-electron chi connectivity index (χ4n) is 3.76. The second kappa shape index (κ2) is 10.6. The molecule has 1 unspecified atom stereocenters. The number of nitrogens with zero attached hydrogens (tertiary/aromatic N) is 2. The molecule has 0 radical (unpaired) electrons. The predicted octanol–water partition coefficient (Wildman–Crippen LogP) is 6.07. The highest BCUT2D eigenvalue weighted by Gasteiger charge is 2.22. The van der Waals surface area contributed by atoms with Crippen LogP contribution in [0.25, 0.3) is 22.0 Å². The highest BCUT2D eigenvalue weighted by atomic mass is 16.6. The Hall–Kier alpha value is -3.88. The Kier molecular flexibility index (Phi) is 7.95. The van der Waals surface area contributed by atoms with Crippen LogP contribution in [-0.2, 0) is 14.3 Å². The van der Waals surface area contributed by atoms with Gasteiger partial charge in [-0.3, -0.25) is 4.79 Å². The highest BCUT2D eigenvalue weighted by Crippen LogP contribution is 2.36. The van der Waals surface area contributed by atoms with E-state index in [1.165, 1.54) is 11.6 Å². The van der Waals surface area contributed by atoms with E-state index >= 15 is 0 Å². The van der Waals surface area contributed by atoms with E-state index in [1.54, 1.807) is 33.0 Å². The maximum atomic E-state index is 12.6.